The summed E-state index contributed by atoms with van der Waals surface area (Å²) in [7, 11) is 1.26. The van der Waals surface area contributed by atoms with Gasteiger partial charge in [-0.05, 0) is 48.0 Å². The van der Waals surface area contributed by atoms with E-state index in [1.807, 2.05) is 0 Å². The fourth-order valence-corrected chi connectivity index (χ4v) is 2.32. The van der Waals surface area contributed by atoms with Crippen molar-refractivity contribution < 1.29 is 49.1 Å². The van der Waals surface area contributed by atoms with Gasteiger partial charge in [0.05, 0.1) is 19.1 Å². The zero-order valence-corrected chi connectivity index (χ0v) is 16.0. The summed E-state index contributed by atoms with van der Waals surface area (Å²) in [5, 5.41) is -4.35. The molecule has 31 heavy (non-hydrogen) atoms. The molecule has 0 bridgehead atoms. The van der Waals surface area contributed by atoms with Crippen LogP contribution in [0.5, 0.6) is 5.75 Å². The average molecular weight is 478 g/mol. The van der Waals surface area contributed by atoms with Crippen molar-refractivity contribution in [2.75, 3.05) is 12.4 Å². The number of furan rings is 1. The predicted octanol–water partition coefficient (Wildman–Crippen LogP) is 6.20. The van der Waals surface area contributed by atoms with Crippen molar-refractivity contribution in [3.63, 3.8) is 0 Å². The number of anilines is 1. The Kier molecular flexibility index (Phi) is 6.64. The lowest BCUT2D eigenvalue weighted by molar-refractivity contribution is -0.337. The van der Waals surface area contributed by atoms with Crippen LogP contribution in [-0.2, 0) is 0 Å². The van der Waals surface area contributed by atoms with Gasteiger partial charge in [-0.2, -0.15) is 35.1 Å². The van der Waals surface area contributed by atoms with E-state index in [-0.39, 0.29) is 17.5 Å². The molecule has 4 nitrogen and oxygen atoms in total. The molecule has 170 valence electrons. The molecule has 0 saturated heterocycles. The number of nitrogens with one attached hydrogen (secondary N) is 1. The van der Waals surface area contributed by atoms with E-state index in [0.717, 1.165) is 30.5 Å². The smallest absolute Gasteiger partial charge is 0.393 e. The van der Waals surface area contributed by atoms with Crippen LogP contribution >= 0.6 is 11.6 Å². The number of ether oxygens (including phenoxy) is 1. The molecule has 0 aliphatic carbocycles. The van der Waals surface area contributed by atoms with Gasteiger partial charge in [0, 0.05) is 11.8 Å². The zero-order chi connectivity index (χ0) is 23.7. The molecular weight excluding hydrogens is 466 g/mol. The molecule has 0 spiro atoms. The third-order valence-electron chi connectivity index (χ3n) is 3.89. The second-order valence-electron chi connectivity index (χ2n) is 5.97. The summed E-state index contributed by atoms with van der Waals surface area (Å²) < 4.78 is 119. The highest BCUT2D eigenvalue weighted by Crippen LogP contribution is 2.55. The summed E-state index contributed by atoms with van der Waals surface area (Å²) in [6.07, 6.45) is 0.784. The quantitative estimate of drug-likeness (QED) is 0.202. The van der Waals surface area contributed by atoms with Crippen LogP contribution in [0.1, 0.15) is 10.6 Å². The number of hydrogen-bond donors (Lipinski definition) is 1. The molecule has 0 radical (unpaired) electrons. The number of hydrogen-bond acceptors (Lipinski definition) is 4. The highest BCUT2D eigenvalue weighted by atomic mass is 35.5. The molecule has 0 unspecified atom stereocenters. The highest BCUT2D eigenvalue weighted by Gasteiger charge is 2.81. The van der Waals surface area contributed by atoms with Crippen LogP contribution in [0.2, 0.25) is 0 Å². The first-order valence-corrected chi connectivity index (χ1v) is 8.44. The molecule has 1 aromatic carbocycles. The molecule has 1 N–H and O–H groups in total. The van der Waals surface area contributed by atoms with Crippen molar-refractivity contribution in [3.8, 4) is 5.75 Å². The Balaban J connectivity index is 2.57. The monoisotopic (exact) mass is 477 g/mol. The number of benzene rings is 1. The maximum Gasteiger partial charge on any atom is 0.393 e. The number of carbonyl (C=O) groups is 1. The van der Waals surface area contributed by atoms with Crippen LogP contribution in [0.25, 0.3) is 0 Å². The van der Waals surface area contributed by atoms with Gasteiger partial charge in [-0.3, -0.25) is 4.79 Å². The number of rotatable bonds is 9. The molecule has 0 atom stereocenters. The number of ketones is 1. The second kappa shape index (κ2) is 8.40. The van der Waals surface area contributed by atoms with Crippen LogP contribution in [0, 0.1) is 0 Å². The third-order valence-corrected chi connectivity index (χ3v) is 4.13. The van der Waals surface area contributed by atoms with Gasteiger partial charge < -0.3 is 14.5 Å². The van der Waals surface area contributed by atoms with Crippen LogP contribution in [-0.4, -0.2) is 36.0 Å². The number of alkyl halides is 9. The molecule has 2 rings (SSSR count). The molecule has 0 fully saturated rings. The Bertz CT molecular complexity index is 938. The fraction of sp³-hybridized carbons (Fsp3) is 0.278. The van der Waals surface area contributed by atoms with E-state index in [1.54, 1.807) is 5.32 Å². The van der Waals surface area contributed by atoms with Crippen molar-refractivity contribution >= 4 is 23.1 Å². The Morgan fingerprint density at radius 1 is 1.00 bits per heavy atom. The van der Waals surface area contributed by atoms with Gasteiger partial charge >= 0.3 is 23.1 Å². The number of halogens is 9. The lowest BCUT2D eigenvalue weighted by Gasteiger charge is -2.35. The van der Waals surface area contributed by atoms with Crippen molar-refractivity contribution in [1.29, 1.82) is 0 Å². The van der Waals surface area contributed by atoms with E-state index in [4.69, 9.17) is 4.74 Å². The second-order valence-corrected chi connectivity index (χ2v) is 6.45. The van der Waals surface area contributed by atoms with Crippen molar-refractivity contribution in [2.45, 2.75) is 23.1 Å². The third kappa shape index (κ3) is 4.63. The molecule has 0 aliphatic rings. The van der Waals surface area contributed by atoms with Crippen LogP contribution in [0.4, 0.5) is 40.8 Å². The minimum absolute atomic E-state index is 0.167. The fourth-order valence-electron chi connectivity index (χ4n) is 2.20. The Morgan fingerprint density at radius 3 is 2.03 bits per heavy atom. The Hall–Kier alpha value is -2.76. The molecule has 0 aliphatic heterocycles. The molecule has 0 saturated carbocycles. The first kappa shape index (κ1) is 24.5. The average Bonchev–Trinajstić information content (AvgIpc) is 3.21. The number of methoxy groups -OCH3 is 1. The van der Waals surface area contributed by atoms with Crippen LogP contribution in [0.3, 0.4) is 0 Å². The van der Waals surface area contributed by atoms with Gasteiger partial charge in [-0.25, -0.2) is 0 Å². The molecule has 1 aromatic heterocycles. The first-order chi connectivity index (χ1) is 14.1. The van der Waals surface area contributed by atoms with Crippen molar-refractivity contribution in [2.24, 2.45) is 0 Å². The highest BCUT2D eigenvalue weighted by molar-refractivity contribution is 6.22. The molecule has 1 heterocycles. The zero-order valence-electron chi connectivity index (χ0n) is 15.2. The summed E-state index contributed by atoms with van der Waals surface area (Å²) in [5.74, 6) is -21.3. The molecule has 13 heteroatoms. The van der Waals surface area contributed by atoms with E-state index in [9.17, 15) is 39.9 Å². The minimum Gasteiger partial charge on any atom is -0.497 e. The molecule has 2 aromatic rings. The number of carbonyl (C=O) groups excluding carboxylic acids is 1. The van der Waals surface area contributed by atoms with E-state index in [1.165, 1.54) is 19.2 Å². The Morgan fingerprint density at radius 2 is 1.58 bits per heavy atom. The first-order valence-electron chi connectivity index (χ1n) is 8.06. The summed E-state index contributed by atoms with van der Waals surface area (Å²) in [4.78, 5) is 12.1. The minimum atomic E-state index is -6.72. The SMILES string of the molecule is COc1ccc(N/C(=C/C(=O)c2ccco2)C(F)(F)C(F)(F)C(F)(F)C(F)(F)Cl)cc1. The van der Waals surface area contributed by atoms with Gasteiger partial charge in [-0.15, -0.1) is 0 Å². The van der Waals surface area contributed by atoms with E-state index >= 15 is 0 Å². The summed E-state index contributed by atoms with van der Waals surface area (Å²) in [5.41, 5.74) is -2.49. The van der Waals surface area contributed by atoms with Gasteiger partial charge in [-0.1, -0.05) is 0 Å². The molecular formula is C18H12ClF8NO3. The summed E-state index contributed by atoms with van der Waals surface area (Å²) in [6.45, 7) is 0. The van der Waals surface area contributed by atoms with E-state index in [2.05, 4.69) is 16.0 Å². The topological polar surface area (TPSA) is 51.5 Å². The van der Waals surface area contributed by atoms with E-state index < -0.39 is 40.4 Å². The maximum absolute atomic E-state index is 14.6. The van der Waals surface area contributed by atoms with Crippen LogP contribution in [0.15, 0.2) is 58.9 Å². The van der Waals surface area contributed by atoms with Gasteiger partial charge in [0.15, 0.2) is 5.76 Å². The lowest BCUT2D eigenvalue weighted by Crippen LogP contribution is -2.61. The Labute approximate surface area is 174 Å². The standard InChI is InChI=1S/C18H12ClF8NO3/c1-30-11-6-4-10(5-7-11)28-14(9-12(29)13-3-2-8-31-13)15(20,21)16(22,23)17(24,25)18(19,26)27/h2-9,28H,1H3/b14-9+. The number of allylic oxidation sites excluding steroid dienone is 2. The van der Waals surface area contributed by atoms with E-state index in [0.29, 0.717) is 0 Å². The van der Waals surface area contributed by atoms with Crippen molar-refractivity contribution in [3.05, 3.63) is 60.2 Å². The van der Waals surface area contributed by atoms with Gasteiger partial charge in [0.25, 0.3) is 0 Å². The predicted molar refractivity (Wildman–Crippen MR) is 93.4 cm³/mol. The lowest BCUT2D eigenvalue weighted by atomic mass is 9.99. The van der Waals surface area contributed by atoms with Crippen molar-refractivity contribution in [1.82, 2.24) is 0 Å². The molecule has 0 amide bonds. The summed E-state index contributed by atoms with van der Waals surface area (Å²) >= 11 is 3.97. The summed E-state index contributed by atoms with van der Waals surface area (Å²) in [6, 6.07) is 6.55. The van der Waals surface area contributed by atoms with Crippen LogP contribution < -0.4 is 10.1 Å². The maximum atomic E-state index is 14.6. The normalized spacial score (nSPS) is 13.8. The van der Waals surface area contributed by atoms with Gasteiger partial charge in [0.1, 0.15) is 5.75 Å². The largest absolute Gasteiger partial charge is 0.497 e. The van der Waals surface area contributed by atoms with Gasteiger partial charge in [0.2, 0.25) is 5.78 Å².